The molecule has 0 spiro atoms. The lowest BCUT2D eigenvalue weighted by atomic mass is 10.5. The summed E-state index contributed by atoms with van der Waals surface area (Å²) in [6, 6.07) is 0. The van der Waals surface area contributed by atoms with E-state index in [1.807, 2.05) is 0 Å². The van der Waals surface area contributed by atoms with Crippen molar-refractivity contribution in [2.75, 3.05) is 7.11 Å². The zero-order valence-corrected chi connectivity index (χ0v) is 13.9. The minimum atomic E-state index is -1.56. The van der Waals surface area contributed by atoms with Gasteiger partial charge in [-0.3, -0.25) is 0 Å². The average Bonchev–Trinajstić information content (AvgIpc) is 2.08. The monoisotopic (exact) mass is 262 g/mol. The van der Waals surface area contributed by atoms with Crippen molar-refractivity contribution in [3.63, 3.8) is 0 Å². The van der Waals surface area contributed by atoms with Crippen molar-refractivity contribution in [3.05, 3.63) is 11.8 Å². The third-order valence-corrected chi connectivity index (χ3v) is 5.76. The van der Waals surface area contributed by atoms with E-state index in [4.69, 9.17) is 9.16 Å². The summed E-state index contributed by atoms with van der Waals surface area (Å²) >= 11 is 0. The van der Waals surface area contributed by atoms with E-state index < -0.39 is 8.32 Å². The molecule has 0 saturated heterocycles. The molecule has 0 aliphatic heterocycles. The molecule has 0 amide bonds. The van der Waals surface area contributed by atoms with Gasteiger partial charge in [0.2, 0.25) is 8.32 Å². The van der Waals surface area contributed by atoms with Crippen molar-refractivity contribution in [3.8, 4) is 0 Å². The van der Waals surface area contributed by atoms with Gasteiger partial charge in [0.15, 0.2) is 0 Å². The molecule has 0 N–H and O–H groups in total. The maximum atomic E-state index is 5.91. The Kier molecular flexibility index (Phi) is 6.65. The van der Waals surface area contributed by atoms with Crippen LogP contribution in [0.4, 0.5) is 0 Å². The van der Waals surface area contributed by atoms with Crippen LogP contribution in [0.15, 0.2) is 11.8 Å². The molecule has 0 bridgehead atoms. The summed E-state index contributed by atoms with van der Waals surface area (Å²) in [5, 5.41) is 0. The quantitative estimate of drug-likeness (QED) is 0.396. The summed E-state index contributed by atoms with van der Waals surface area (Å²) in [6.07, 6.45) is 0. The average molecular weight is 262 g/mol. The maximum Gasteiger partial charge on any atom is 0.265 e. The Labute approximate surface area is 103 Å². The van der Waals surface area contributed by atoms with Gasteiger partial charge in [-0.1, -0.05) is 35.6 Å². The van der Waals surface area contributed by atoms with Crippen LogP contribution in [0.2, 0.25) is 19.6 Å². The van der Waals surface area contributed by atoms with Crippen LogP contribution in [0.3, 0.4) is 0 Å². The van der Waals surface area contributed by atoms with Crippen LogP contribution in [-0.4, -0.2) is 26.7 Å². The van der Waals surface area contributed by atoms with E-state index >= 15 is 0 Å². The van der Waals surface area contributed by atoms with Gasteiger partial charge >= 0.3 is 0 Å². The smallest absolute Gasteiger partial charge is 0.265 e. The molecule has 0 atom stereocenters. The van der Waals surface area contributed by atoms with Crippen molar-refractivity contribution < 1.29 is 9.16 Å². The highest BCUT2D eigenvalue weighted by atomic mass is 31.1. The third kappa shape index (κ3) is 6.54. The maximum absolute atomic E-state index is 5.91. The second-order valence-corrected chi connectivity index (χ2v) is 13.1. The van der Waals surface area contributed by atoms with Gasteiger partial charge in [0.25, 0.3) is 5.95 Å². The number of ether oxygens (including phenoxy) is 1. The Morgan fingerprint density at radius 1 is 1.06 bits per heavy atom. The van der Waals surface area contributed by atoms with Gasteiger partial charge in [-0.2, -0.15) is 0 Å². The number of hydrogen-bond acceptors (Lipinski definition) is 2. The van der Waals surface area contributed by atoms with Gasteiger partial charge in [-0.25, -0.2) is 0 Å². The van der Waals surface area contributed by atoms with Crippen molar-refractivity contribution in [2.45, 2.75) is 58.7 Å². The van der Waals surface area contributed by atoms with Gasteiger partial charge in [0.05, 0.1) is 7.11 Å². The fraction of sp³-hybridized carbons (Fsp3) is 0.833. The normalized spacial score (nSPS) is 13.8. The lowest BCUT2D eigenvalue weighted by molar-refractivity contribution is 0.148. The summed E-state index contributed by atoms with van der Waals surface area (Å²) in [5.74, 6) is 2.94. The summed E-state index contributed by atoms with van der Waals surface area (Å²) in [7, 11) is -0.0326. The van der Waals surface area contributed by atoms with Crippen LogP contribution in [-0.2, 0) is 9.16 Å². The molecular formula is C12H27O2PSi. The molecule has 16 heavy (non-hydrogen) atoms. The van der Waals surface area contributed by atoms with Crippen molar-refractivity contribution in [2.24, 2.45) is 0 Å². The first-order chi connectivity index (χ1) is 7.17. The van der Waals surface area contributed by atoms with Crippen LogP contribution in [0.5, 0.6) is 0 Å². The number of methoxy groups -OCH3 is 1. The van der Waals surface area contributed by atoms with E-state index in [1.165, 1.54) is 0 Å². The molecule has 0 aromatic heterocycles. The van der Waals surface area contributed by atoms with E-state index in [1.54, 1.807) is 7.11 Å². The number of rotatable bonds is 6. The van der Waals surface area contributed by atoms with E-state index in [0.717, 1.165) is 5.95 Å². The Hall–Kier alpha value is -0.0131. The van der Waals surface area contributed by atoms with E-state index in [9.17, 15) is 0 Å². The molecule has 2 nitrogen and oxygen atoms in total. The van der Waals surface area contributed by atoms with E-state index in [2.05, 4.69) is 53.2 Å². The molecule has 96 valence electrons. The predicted molar refractivity (Wildman–Crippen MR) is 76.7 cm³/mol. The molecule has 0 aromatic carbocycles. The summed E-state index contributed by atoms with van der Waals surface area (Å²) in [4.78, 5) is 0. The van der Waals surface area contributed by atoms with Gasteiger partial charge in [0.1, 0.15) is 0 Å². The van der Waals surface area contributed by atoms with Crippen LogP contribution < -0.4 is 0 Å². The lowest BCUT2D eigenvalue weighted by Crippen LogP contribution is -2.25. The highest BCUT2D eigenvalue weighted by Crippen LogP contribution is 2.48. The molecule has 4 heteroatoms. The molecule has 0 aliphatic carbocycles. The predicted octanol–water partition coefficient (Wildman–Crippen LogP) is 4.58. The fourth-order valence-electron chi connectivity index (χ4n) is 1.44. The molecule has 0 heterocycles. The molecule has 0 aliphatic rings. The Morgan fingerprint density at radius 3 is 1.75 bits per heavy atom. The topological polar surface area (TPSA) is 18.5 Å². The highest BCUT2D eigenvalue weighted by Gasteiger charge is 2.21. The second-order valence-electron chi connectivity index (χ2n) is 5.50. The second kappa shape index (κ2) is 6.66. The molecule has 0 fully saturated rings. The Bertz CT molecular complexity index is 224. The SMILES string of the molecule is CO/C(=C\P(C(C)C)C(C)C)O[Si](C)(C)C. The van der Waals surface area contributed by atoms with Crippen LogP contribution in [0.25, 0.3) is 0 Å². The molecule has 0 unspecified atom stereocenters. The standard InChI is InChI=1S/C12H27O2PSi/c1-10(2)15(11(3)4)9-12(13-5)14-16(6,7)8/h9-11H,1-8H3/b12-9+. The first kappa shape index (κ1) is 16.0. The van der Waals surface area contributed by atoms with Crippen LogP contribution in [0, 0.1) is 0 Å². The lowest BCUT2D eigenvalue weighted by Gasteiger charge is -2.25. The Morgan fingerprint density at radius 2 is 1.50 bits per heavy atom. The largest absolute Gasteiger partial charge is 0.520 e. The minimum Gasteiger partial charge on any atom is -0.520 e. The zero-order valence-electron chi connectivity index (χ0n) is 12.0. The van der Waals surface area contributed by atoms with Crippen LogP contribution in [0.1, 0.15) is 27.7 Å². The molecular weight excluding hydrogens is 235 g/mol. The third-order valence-electron chi connectivity index (χ3n) is 2.06. The summed E-state index contributed by atoms with van der Waals surface area (Å²) < 4.78 is 11.3. The van der Waals surface area contributed by atoms with Crippen LogP contribution >= 0.6 is 7.92 Å². The van der Waals surface area contributed by atoms with Crippen molar-refractivity contribution >= 4 is 16.2 Å². The fourth-order valence-corrected chi connectivity index (χ4v) is 4.47. The van der Waals surface area contributed by atoms with Gasteiger partial charge in [-0.05, 0) is 31.0 Å². The molecule has 0 radical (unpaired) electrons. The molecule has 0 aromatic rings. The summed E-state index contributed by atoms with van der Waals surface area (Å²) in [6.45, 7) is 15.6. The first-order valence-corrected chi connectivity index (χ1v) is 10.9. The van der Waals surface area contributed by atoms with E-state index in [0.29, 0.717) is 11.3 Å². The summed E-state index contributed by atoms with van der Waals surface area (Å²) in [5.41, 5.74) is 1.34. The highest BCUT2D eigenvalue weighted by molar-refractivity contribution is 7.62. The van der Waals surface area contributed by atoms with Gasteiger partial charge < -0.3 is 9.16 Å². The van der Waals surface area contributed by atoms with Crippen molar-refractivity contribution in [1.29, 1.82) is 0 Å². The Balaban J connectivity index is 4.77. The van der Waals surface area contributed by atoms with Crippen molar-refractivity contribution in [1.82, 2.24) is 0 Å². The van der Waals surface area contributed by atoms with Gasteiger partial charge in [0, 0.05) is 5.82 Å². The molecule has 0 saturated carbocycles. The van der Waals surface area contributed by atoms with Gasteiger partial charge in [-0.15, -0.1) is 0 Å². The zero-order chi connectivity index (χ0) is 12.9. The number of hydrogen-bond donors (Lipinski definition) is 0. The first-order valence-electron chi connectivity index (χ1n) is 5.89. The molecule has 0 rings (SSSR count). The van der Waals surface area contributed by atoms with E-state index in [-0.39, 0.29) is 7.92 Å². The minimum absolute atomic E-state index is 0.167.